The van der Waals surface area contributed by atoms with E-state index in [1.165, 1.54) is 0 Å². The third kappa shape index (κ3) is 1.36. The Balaban J connectivity index is 2.09. The molecule has 3 fully saturated rings. The first-order valence-electron chi connectivity index (χ1n) is 3.89. The minimum Gasteiger partial charge on any atom is -0.375 e. The molecule has 70 valence electrons. The zero-order valence-corrected chi connectivity index (χ0v) is 8.41. The topological polar surface area (TPSA) is 43.4 Å². The molecule has 0 radical (unpaired) electrons. The van der Waals surface area contributed by atoms with Crippen molar-refractivity contribution in [1.29, 1.82) is 0 Å². The van der Waals surface area contributed by atoms with Crippen LogP contribution < -0.4 is 0 Å². The van der Waals surface area contributed by atoms with Gasteiger partial charge in [0.1, 0.15) is 0 Å². The predicted molar refractivity (Wildman–Crippen MR) is 45.7 cm³/mol. The van der Waals surface area contributed by atoms with Crippen LogP contribution in [0.15, 0.2) is 0 Å². The van der Waals surface area contributed by atoms with Gasteiger partial charge in [-0.05, 0) is 19.8 Å². The fourth-order valence-corrected chi connectivity index (χ4v) is 4.29. The van der Waals surface area contributed by atoms with E-state index in [0.717, 1.165) is 12.8 Å². The quantitative estimate of drug-likeness (QED) is 0.642. The summed E-state index contributed by atoms with van der Waals surface area (Å²) in [6, 6.07) is 0. The van der Waals surface area contributed by atoms with E-state index in [1.54, 1.807) is 0 Å². The van der Waals surface area contributed by atoms with Crippen molar-refractivity contribution >= 4 is 19.7 Å². The molecule has 1 saturated carbocycles. The van der Waals surface area contributed by atoms with Crippen molar-refractivity contribution in [3.63, 3.8) is 0 Å². The number of rotatable bonds is 2. The van der Waals surface area contributed by atoms with Gasteiger partial charge in [0, 0.05) is 16.1 Å². The molecule has 2 aliphatic heterocycles. The van der Waals surface area contributed by atoms with E-state index < -0.39 is 9.05 Å². The highest BCUT2D eigenvalue weighted by Gasteiger charge is 2.60. The van der Waals surface area contributed by atoms with E-state index >= 15 is 0 Å². The maximum atomic E-state index is 10.8. The fourth-order valence-electron chi connectivity index (χ4n) is 2.58. The van der Waals surface area contributed by atoms with E-state index in [9.17, 15) is 8.42 Å². The van der Waals surface area contributed by atoms with Crippen LogP contribution in [-0.2, 0) is 13.8 Å². The maximum Gasteiger partial charge on any atom is 0.233 e. The van der Waals surface area contributed by atoms with Gasteiger partial charge in [-0.2, -0.15) is 0 Å². The van der Waals surface area contributed by atoms with Gasteiger partial charge in [0.25, 0.3) is 0 Å². The average molecular weight is 211 g/mol. The van der Waals surface area contributed by atoms with Gasteiger partial charge < -0.3 is 4.74 Å². The first kappa shape index (κ1) is 8.78. The molecule has 5 heteroatoms. The van der Waals surface area contributed by atoms with Crippen LogP contribution in [0.3, 0.4) is 0 Å². The highest BCUT2D eigenvalue weighted by molar-refractivity contribution is 8.13. The van der Waals surface area contributed by atoms with Crippen molar-refractivity contribution in [3.05, 3.63) is 0 Å². The fraction of sp³-hybridized carbons (Fsp3) is 1.00. The molecule has 3 aliphatic rings. The molecular weight excluding hydrogens is 200 g/mol. The lowest BCUT2D eigenvalue weighted by Gasteiger charge is -2.41. The van der Waals surface area contributed by atoms with Gasteiger partial charge in [-0.15, -0.1) is 0 Å². The number of hydrogen-bond donors (Lipinski definition) is 0. The summed E-state index contributed by atoms with van der Waals surface area (Å²) in [5.41, 5.74) is -0.211. The van der Waals surface area contributed by atoms with Gasteiger partial charge in [0.15, 0.2) is 0 Å². The standard InChI is InChI=1S/C7H11ClO3S/c1-6-2-7(3-6,4-11-6)5-12(8,9)10/h2-5H2,1H3. The van der Waals surface area contributed by atoms with E-state index in [2.05, 4.69) is 0 Å². The summed E-state index contributed by atoms with van der Waals surface area (Å²) in [6.45, 7) is 2.56. The molecule has 3 nitrogen and oxygen atoms in total. The summed E-state index contributed by atoms with van der Waals surface area (Å²) < 4.78 is 27.1. The van der Waals surface area contributed by atoms with E-state index in [0.29, 0.717) is 6.61 Å². The Hall–Kier alpha value is 0.200. The molecule has 0 aromatic rings. The lowest BCUT2D eigenvalue weighted by atomic mass is 9.64. The summed E-state index contributed by atoms with van der Waals surface area (Å²) in [5.74, 6) is 0.0666. The van der Waals surface area contributed by atoms with Crippen molar-refractivity contribution in [2.75, 3.05) is 12.4 Å². The summed E-state index contributed by atoms with van der Waals surface area (Å²) in [7, 11) is 1.83. The van der Waals surface area contributed by atoms with Gasteiger partial charge in [-0.1, -0.05) is 0 Å². The second-order valence-electron chi connectivity index (χ2n) is 4.28. The summed E-state index contributed by atoms with van der Waals surface area (Å²) in [5, 5.41) is 0. The normalized spacial score (nSPS) is 45.8. The first-order valence-corrected chi connectivity index (χ1v) is 6.37. The number of hydrogen-bond acceptors (Lipinski definition) is 3. The van der Waals surface area contributed by atoms with Crippen molar-refractivity contribution in [3.8, 4) is 0 Å². The molecule has 0 aromatic carbocycles. The van der Waals surface area contributed by atoms with Crippen LogP contribution >= 0.6 is 10.7 Å². The van der Waals surface area contributed by atoms with Crippen LogP contribution in [0.4, 0.5) is 0 Å². The average Bonchev–Trinajstić information content (AvgIpc) is 2.13. The SMILES string of the molecule is CC12CC(CS(=O)(=O)Cl)(CO1)C2. The van der Waals surface area contributed by atoms with Gasteiger partial charge in [0.2, 0.25) is 9.05 Å². The molecular formula is C7H11ClO3S. The first-order chi connectivity index (χ1) is 5.33. The maximum absolute atomic E-state index is 10.8. The van der Waals surface area contributed by atoms with E-state index in [-0.39, 0.29) is 16.8 Å². The van der Waals surface area contributed by atoms with E-state index in [1.807, 2.05) is 6.92 Å². The van der Waals surface area contributed by atoms with Crippen LogP contribution in [0, 0.1) is 5.41 Å². The number of ether oxygens (including phenoxy) is 1. The second-order valence-corrected chi connectivity index (χ2v) is 7.05. The van der Waals surface area contributed by atoms with Crippen LogP contribution in [0.25, 0.3) is 0 Å². The molecule has 3 rings (SSSR count). The van der Waals surface area contributed by atoms with Crippen molar-refractivity contribution in [2.24, 2.45) is 5.41 Å². The van der Waals surface area contributed by atoms with Gasteiger partial charge in [-0.3, -0.25) is 0 Å². The molecule has 0 N–H and O–H groups in total. The van der Waals surface area contributed by atoms with Crippen molar-refractivity contribution in [2.45, 2.75) is 25.4 Å². The summed E-state index contributed by atoms with van der Waals surface area (Å²) in [6.07, 6.45) is 1.68. The molecule has 2 heterocycles. The zero-order chi connectivity index (χ0) is 9.04. The monoisotopic (exact) mass is 210 g/mol. The second kappa shape index (κ2) is 2.16. The Kier molecular flexibility index (Phi) is 1.58. The third-order valence-electron chi connectivity index (χ3n) is 2.70. The van der Waals surface area contributed by atoms with E-state index in [4.69, 9.17) is 15.4 Å². The van der Waals surface area contributed by atoms with Crippen LogP contribution in [-0.4, -0.2) is 26.4 Å². The lowest BCUT2D eigenvalue weighted by molar-refractivity contribution is 0.00778. The molecule has 0 aromatic heterocycles. The minimum atomic E-state index is -3.36. The Bertz CT molecular complexity index is 303. The van der Waals surface area contributed by atoms with Crippen molar-refractivity contribution in [1.82, 2.24) is 0 Å². The lowest BCUT2D eigenvalue weighted by Crippen LogP contribution is -2.45. The Morgan fingerprint density at radius 1 is 1.50 bits per heavy atom. The summed E-state index contributed by atoms with van der Waals surface area (Å²) >= 11 is 0. The van der Waals surface area contributed by atoms with Crippen molar-refractivity contribution < 1.29 is 13.2 Å². The minimum absolute atomic E-state index is 0.0540. The van der Waals surface area contributed by atoms with Crippen LogP contribution in [0.1, 0.15) is 19.8 Å². The molecule has 0 spiro atoms. The van der Waals surface area contributed by atoms with Gasteiger partial charge in [-0.25, -0.2) is 8.42 Å². The highest BCUT2D eigenvalue weighted by atomic mass is 35.7. The van der Waals surface area contributed by atoms with Gasteiger partial charge >= 0.3 is 0 Å². The smallest absolute Gasteiger partial charge is 0.233 e. The van der Waals surface area contributed by atoms with Crippen LogP contribution in [0.5, 0.6) is 0 Å². The molecule has 1 aliphatic carbocycles. The molecule has 0 unspecified atom stereocenters. The Morgan fingerprint density at radius 3 is 2.42 bits per heavy atom. The Labute approximate surface area is 76.5 Å². The number of fused-ring (bicyclic) bond motifs is 1. The molecule has 2 saturated heterocycles. The predicted octanol–water partition coefficient (Wildman–Crippen LogP) is 1.12. The molecule has 12 heavy (non-hydrogen) atoms. The van der Waals surface area contributed by atoms with Crippen LogP contribution in [0.2, 0.25) is 0 Å². The molecule has 2 bridgehead atoms. The highest BCUT2D eigenvalue weighted by Crippen LogP contribution is 2.58. The summed E-state index contributed by atoms with van der Waals surface area (Å²) in [4.78, 5) is 0. The Morgan fingerprint density at radius 2 is 2.08 bits per heavy atom. The third-order valence-corrected chi connectivity index (χ3v) is 3.99. The van der Waals surface area contributed by atoms with Gasteiger partial charge in [0.05, 0.1) is 18.0 Å². The number of halogens is 1. The molecule has 0 amide bonds. The molecule has 0 atom stereocenters. The zero-order valence-electron chi connectivity index (χ0n) is 6.84. The largest absolute Gasteiger partial charge is 0.375 e.